The fourth-order valence-corrected chi connectivity index (χ4v) is 3.71. The largest absolute Gasteiger partial charge is 0.481 e. The lowest BCUT2D eigenvalue weighted by Crippen LogP contribution is -2.48. The molecule has 7 nitrogen and oxygen atoms in total. The molecule has 29 heavy (non-hydrogen) atoms. The van der Waals surface area contributed by atoms with Crippen LogP contribution < -0.4 is 0 Å². The molecule has 2 aromatic rings. The maximum Gasteiger partial charge on any atom is 0.312 e. The minimum absolute atomic E-state index is 0.121. The summed E-state index contributed by atoms with van der Waals surface area (Å²) >= 11 is 0. The predicted molar refractivity (Wildman–Crippen MR) is 102 cm³/mol. The lowest BCUT2D eigenvalue weighted by molar-refractivity contribution is -0.158. The number of nitrogens with zero attached hydrogens (tertiary/aromatic N) is 1. The zero-order valence-electron chi connectivity index (χ0n) is 15.6. The van der Waals surface area contributed by atoms with Gasteiger partial charge in [-0.3, -0.25) is 9.59 Å². The van der Waals surface area contributed by atoms with Crippen LogP contribution in [0, 0.1) is 5.92 Å². The van der Waals surface area contributed by atoms with E-state index in [0.717, 1.165) is 17.4 Å². The molecule has 2 N–H and O–H groups in total. The summed E-state index contributed by atoms with van der Waals surface area (Å²) in [5.41, 5.74) is -0.502. The van der Waals surface area contributed by atoms with E-state index < -0.39 is 29.7 Å². The van der Waals surface area contributed by atoms with Crippen molar-refractivity contribution >= 4 is 11.9 Å². The van der Waals surface area contributed by atoms with E-state index in [2.05, 4.69) is 0 Å². The van der Waals surface area contributed by atoms with E-state index in [4.69, 9.17) is 9.47 Å². The molecule has 0 bridgehead atoms. The molecule has 150 valence electrons. The van der Waals surface area contributed by atoms with Crippen molar-refractivity contribution in [1.29, 1.82) is 0 Å². The van der Waals surface area contributed by atoms with Crippen molar-refractivity contribution in [3.05, 3.63) is 83.8 Å². The smallest absolute Gasteiger partial charge is 0.312 e. The molecule has 3 atom stereocenters. The molecule has 2 aliphatic rings. The van der Waals surface area contributed by atoms with Gasteiger partial charge < -0.3 is 24.6 Å². The first-order valence-electron chi connectivity index (χ1n) is 9.33. The van der Waals surface area contributed by atoms with Crippen molar-refractivity contribution in [2.75, 3.05) is 6.54 Å². The summed E-state index contributed by atoms with van der Waals surface area (Å²) in [7, 11) is 0. The summed E-state index contributed by atoms with van der Waals surface area (Å²) in [4.78, 5) is 26.2. The number of carboxylic acid groups (broad SMARTS) is 1. The van der Waals surface area contributed by atoms with Crippen LogP contribution in [0.3, 0.4) is 0 Å². The van der Waals surface area contributed by atoms with Gasteiger partial charge in [-0.25, -0.2) is 0 Å². The molecule has 3 unspecified atom stereocenters. The number of rotatable bonds is 6. The summed E-state index contributed by atoms with van der Waals surface area (Å²) in [6.07, 6.45) is 0.825. The van der Waals surface area contributed by atoms with Crippen molar-refractivity contribution in [3.63, 3.8) is 0 Å². The molecule has 0 aliphatic carbocycles. The zero-order chi connectivity index (χ0) is 20.4. The van der Waals surface area contributed by atoms with Crippen LogP contribution in [0.2, 0.25) is 0 Å². The van der Waals surface area contributed by atoms with Gasteiger partial charge in [-0.05, 0) is 11.1 Å². The number of aliphatic hydroxyl groups is 1. The summed E-state index contributed by atoms with van der Waals surface area (Å²) in [6, 6.07) is 18.7. The Morgan fingerprint density at radius 1 is 1.07 bits per heavy atom. The van der Waals surface area contributed by atoms with Crippen LogP contribution in [-0.4, -0.2) is 45.4 Å². The van der Waals surface area contributed by atoms with Gasteiger partial charge in [0, 0.05) is 19.5 Å². The normalized spacial score (nSPS) is 26.0. The predicted octanol–water partition coefficient (Wildman–Crippen LogP) is 1.92. The van der Waals surface area contributed by atoms with Gasteiger partial charge in [0.05, 0.1) is 0 Å². The maximum atomic E-state index is 13.0. The van der Waals surface area contributed by atoms with Crippen molar-refractivity contribution < 1.29 is 29.3 Å². The number of amides is 1. The number of ether oxygens (including phenoxy) is 2. The minimum Gasteiger partial charge on any atom is -0.481 e. The van der Waals surface area contributed by atoms with Crippen molar-refractivity contribution in [3.8, 4) is 0 Å². The number of benzene rings is 2. The topological polar surface area (TPSA) is 96.3 Å². The second-order valence-corrected chi connectivity index (χ2v) is 7.18. The first-order valence-corrected chi connectivity index (χ1v) is 9.33. The third-order valence-electron chi connectivity index (χ3n) is 5.24. The minimum atomic E-state index is -2.30. The molecule has 4 rings (SSSR count). The Hall–Kier alpha value is -3.32. The van der Waals surface area contributed by atoms with Gasteiger partial charge in [0.15, 0.2) is 5.76 Å². The number of hydrogen-bond donors (Lipinski definition) is 2. The molecular formula is C22H21NO6. The van der Waals surface area contributed by atoms with E-state index in [0.29, 0.717) is 6.42 Å². The molecule has 1 amide bonds. The molecule has 2 aromatic carbocycles. The fraction of sp³-hybridized carbons (Fsp3) is 0.273. The van der Waals surface area contributed by atoms with Gasteiger partial charge in [0.2, 0.25) is 11.9 Å². The Kier molecular flexibility index (Phi) is 4.98. The van der Waals surface area contributed by atoms with E-state index in [1.54, 1.807) is 0 Å². The van der Waals surface area contributed by atoms with E-state index >= 15 is 0 Å². The summed E-state index contributed by atoms with van der Waals surface area (Å²) in [5.74, 6) is -3.49. The first-order chi connectivity index (χ1) is 14.0. The second-order valence-electron chi connectivity index (χ2n) is 7.18. The lowest BCUT2D eigenvalue weighted by atomic mass is 9.88. The highest BCUT2D eigenvalue weighted by Crippen LogP contribution is 2.39. The Morgan fingerprint density at radius 3 is 2.31 bits per heavy atom. The average Bonchev–Trinajstić information content (AvgIpc) is 3.29. The standard InChI is InChI=1S/C22H21NO6/c24-20(25)17-13-23(12-16-9-5-2-6-10-16)21(26)22(17,27)18-14-28-19(29-18)11-15-7-3-1-4-8-15/h1-10,14,17,19,27H,11-13H2,(H,24,25). The summed E-state index contributed by atoms with van der Waals surface area (Å²) in [5, 5.41) is 20.8. The number of likely N-dealkylation sites (tertiary alicyclic amines) is 1. The Bertz CT molecular complexity index is 929. The molecule has 1 saturated heterocycles. The van der Waals surface area contributed by atoms with Gasteiger partial charge in [-0.2, -0.15) is 0 Å². The monoisotopic (exact) mass is 395 g/mol. The van der Waals surface area contributed by atoms with Crippen LogP contribution in [0.25, 0.3) is 0 Å². The Balaban J connectivity index is 1.52. The van der Waals surface area contributed by atoms with Crippen LogP contribution >= 0.6 is 0 Å². The van der Waals surface area contributed by atoms with Crippen LogP contribution in [-0.2, 0) is 32.0 Å². The molecular weight excluding hydrogens is 374 g/mol. The third-order valence-corrected chi connectivity index (χ3v) is 5.24. The molecule has 7 heteroatoms. The summed E-state index contributed by atoms with van der Waals surface area (Å²) < 4.78 is 11.1. The SMILES string of the molecule is O=C(O)C1CN(Cc2ccccc2)C(=O)C1(O)C1=COC(Cc2ccccc2)O1. The zero-order valence-corrected chi connectivity index (χ0v) is 15.6. The molecule has 0 spiro atoms. The Morgan fingerprint density at radius 2 is 1.69 bits per heavy atom. The van der Waals surface area contributed by atoms with Gasteiger partial charge in [0.1, 0.15) is 12.2 Å². The first kappa shape index (κ1) is 19.0. The number of carboxylic acids is 1. The van der Waals surface area contributed by atoms with E-state index in [1.165, 1.54) is 4.90 Å². The highest BCUT2D eigenvalue weighted by molar-refractivity contribution is 5.96. The van der Waals surface area contributed by atoms with Crippen LogP contribution in [0.5, 0.6) is 0 Å². The number of hydrogen-bond acceptors (Lipinski definition) is 5. The Labute approximate surface area is 167 Å². The highest BCUT2D eigenvalue weighted by Gasteiger charge is 2.61. The summed E-state index contributed by atoms with van der Waals surface area (Å²) in [6.45, 7) is 0.0803. The van der Waals surface area contributed by atoms with Crippen LogP contribution in [0.1, 0.15) is 11.1 Å². The molecule has 0 radical (unpaired) electrons. The molecule has 0 saturated carbocycles. The van der Waals surface area contributed by atoms with E-state index in [-0.39, 0.29) is 18.8 Å². The van der Waals surface area contributed by atoms with Crippen molar-refractivity contribution in [1.82, 2.24) is 4.90 Å². The highest BCUT2D eigenvalue weighted by atomic mass is 16.7. The number of carbonyl (C=O) groups is 2. The average molecular weight is 395 g/mol. The molecule has 2 aliphatic heterocycles. The lowest BCUT2D eigenvalue weighted by Gasteiger charge is -2.25. The van der Waals surface area contributed by atoms with Gasteiger partial charge in [-0.15, -0.1) is 0 Å². The second kappa shape index (κ2) is 7.60. The van der Waals surface area contributed by atoms with Crippen LogP contribution in [0.15, 0.2) is 72.7 Å². The third kappa shape index (κ3) is 3.56. The van der Waals surface area contributed by atoms with Gasteiger partial charge in [0.25, 0.3) is 5.91 Å². The van der Waals surface area contributed by atoms with E-state index in [9.17, 15) is 19.8 Å². The quantitative estimate of drug-likeness (QED) is 0.776. The molecule has 2 heterocycles. The molecule has 0 aromatic heterocycles. The van der Waals surface area contributed by atoms with Gasteiger partial charge in [-0.1, -0.05) is 60.7 Å². The maximum absolute atomic E-state index is 13.0. The number of carbonyl (C=O) groups excluding carboxylic acids is 1. The van der Waals surface area contributed by atoms with Gasteiger partial charge >= 0.3 is 5.97 Å². The van der Waals surface area contributed by atoms with Crippen molar-refractivity contribution in [2.24, 2.45) is 5.92 Å². The van der Waals surface area contributed by atoms with E-state index in [1.807, 2.05) is 60.7 Å². The fourth-order valence-electron chi connectivity index (χ4n) is 3.71. The number of aliphatic carboxylic acids is 1. The molecule has 1 fully saturated rings. The van der Waals surface area contributed by atoms with Crippen LogP contribution in [0.4, 0.5) is 0 Å². The van der Waals surface area contributed by atoms with Crippen molar-refractivity contribution in [2.45, 2.75) is 24.9 Å².